The molecule has 0 unspecified atom stereocenters. The molecule has 1 saturated heterocycles. The molecule has 0 aromatic rings. The number of hydrazone groups is 1. The molecule has 0 aromatic heterocycles. The Morgan fingerprint density at radius 2 is 2.55 bits per heavy atom. The number of rotatable bonds is 0. The van der Waals surface area contributed by atoms with Crippen LogP contribution in [0.25, 0.3) is 0 Å². The zero-order valence-corrected chi connectivity index (χ0v) is 6.50. The van der Waals surface area contributed by atoms with Crippen molar-refractivity contribution >= 4 is 11.6 Å². The van der Waals surface area contributed by atoms with E-state index in [4.69, 9.17) is 0 Å². The van der Waals surface area contributed by atoms with E-state index in [1.807, 2.05) is 0 Å². The molecule has 1 atom stereocenters. The van der Waals surface area contributed by atoms with E-state index < -0.39 is 0 Å². The Hall–Kier alpha value is -0.900. The summed E-state index contributed by atoms with van der Waals surface area (Å²) in [4.78, 5) is 11.3. The van der Waals surface area contributed by atoms with E-state index in [1.54, 1.807) is 7.05 Å². The lowest BCUT2D eigenvalue weighted by atomic mass is 9.98. The van der Waals surface area contributed by atoms with Crippen molar-refractivity contribution in [3.8, 4) is 0 Å². The standard InChI is InChI=1S/C7H11N3O/c1-10-7(11)5-4-8-3-2-6(5)9-10/h5,8H,2-4H2,1H3/t5-/m0/s1. The van der Waals surface area contributed by atoms with E-state index in [2.05, 4.69) is 10.4 Å². The molecule has 0 radical (unpaired) electrons. The van der Waals surface area contributed by atoms with Crippen LogP contribution in [0.4, 0.5) is 0 Å². The number of hydrogen-bond acceptors (Lipinski definition) is 3. The molecule has 0 aliphatic carbocycles. The molecule has 2 heterocycles. The summed E-state index contributed by atoms with van der Waals surface area (Å²) in [7, 11) is 1.72. The molecular formula is C7H11N3O. The van der Waals surface area contributed by atoms with Gasteiger partial charge in [0.25, 0.3) is 5.91 Å². The Morgan fingerprint density at radius 1 is 1.73 bits per heavy atom. The molecule has 2 aliphatic heterocycles. The van der Waals surface area contributed by atoms with Gasteiger partial charge in [0.15, 0.2) is 0 Å². The molecule has 1 amide bonds. The molecule has 60 valence electrons. The summed E-state index contributed by atoms with van der Waals surface area (Å²) < 4.78 is 0. The van der Waals surface area contributed by atoms with E-state index in [1.165, 1.54) is 5.01 Å². The van der Waals surface area contributed by atoms with Crippen molar-refractivity contribution in [2.45, 2.75) is 6.42 Å². The van der Waals surface area contributed by atoms with E-state index >= 15 is 0 Å². The highest BCUT2D eigenvalue weighted by Gasteiger charge is 2.34. The summed E-state index contributed by atoms with van der Waals surface area (Å²) in [5.41, 5.74) is 1.05. The molecule has 11 heavy (non-hydrogen) atoms. The maximum atomic E-state index is 11.3. The Labute approximate surface area is 65.3 Å². The summed E-state index contributed by atoms with van der Waals surface area (Å²) >= 11 is 0. The maximum Gasteiger partial charge on any atom is 0.252 e. The number of amides is 1. The minimum absolute atomic E-state index is 0.0359. The van der Waals surface area contributed by atoms with Gasteiger partial charge in [-0.1, -0.05) is 0 Å². The molecule has 1 N–H and O–H groups in total. The van der Waals surface area contributed by atoms with Gasteiger partial charge in [0.2, 0.25) is 0 Å². The van der Waals surface area contributed by atoms with Crippen molar-refractivity contribution < 1.29 is 4.79 Å². The average Bonchev–Trinajstić information content (AvgIpc) is 2.30. The number of fused-ring (bicyclic) bond motifs is 1. The van der Waals surface area contributed by atoms with Gasteiger partial charge < -0.3 is 5.32 Å². The smallest absolute Gasteiger partial charge is 0.252 e. The normalized spacial score (nSPS) is 30.3. The van der Waals surface area contributed by atoms with E-state index in [0.29, 0.717) is 0 Å². The van der Waals surface area contributed by atoms with Crippen molar-refractivity contribution in [1.82, 2.24) is 10.3 Å². The first-order valence-corrected chi connectivity index (χ1v) is 3.84. The monoisotopic (exact) mass is 153 g/mol. The van der Waals surface area contributed by atoms with Crippen LogP contribution in [0.2, 0.25) is 0 Å². The first-order chi connectivity index (χ1) is 5.29. The second-order valence-electron chi connectivity index (χ2n) is 2.96. The van der Waals surface area contributed by atoms with Gasteiger partial charge in [0, 0.05) is 26.6 Å². The topological polar surface area (TPSA) is 44.7 Å². The molecule has 0 saturated carbocycles. The van der Waals surface area contributed by atoms with Crippen molar-refractivity contribution in [2.75, 3.05) is 20.1 Å². The highest BCUT2D eigenvalue weighted by Crippen LogP contribution is 2.17. The lowest BCUT2D eigenvalue weighted by molar-refractivity contribution is -0.130. The van der Waals surface area contributed by atoms with Crippen molar-refractivity contribution in [3.05, 3.63) is 0 Å². The number of nitrogens with one attached hydrogen (secondary N) is 1. The third kappa shape index (κ3) is 0.939. The quantitative estimate of drug-likeness (QED) is 0.506. The molecule has 4 heteroatoms. The van der Waals surface area contributed by atoms with Crippen LogP contribution >= 0.6 is 0 Å². The van der Waals surface area contributed by atoms with Crippen molar-refractivity contribution in [1.29, 1.82) is 0 Å². The largest absolute Gasteiger partial charge is 0.315 e. The van der Waals surface area contributed by atoms with Crippen LogP contribution < -0.4 is 5.32 Å². The summed E-state index contributed by atoms with van der Waals surface area (Å²) in [6, 6.07) is 0. The summed E-state index contributed by atoms with van der Waals surface area (Å²) in [5, 5.41) is 8.78. The van der Waals surface area contributed by atoms with Gasteiger partial charge in [0.05, 0.1) is 11.6 Å². The Balaban J connectivity index is 2.22. The van der Waals surface area contributed by atoms with Gasteiger partial charge in [-0.25, -0.2) is 5.01 Å². The average molecular weight is 153 g/mol. The van der Waals surface area contributed by atoms with E-state index in [-0.39, 0.29) is 11.8 Å². The molecule has 2 aliphatic rings. The van der Waals surface area contributed by atoms with Gasteiger partial charge in [-0.05, 0) is 0 Å². The second kappa shape index (κ2) is 2.30. The maximum absolute atomic E-state index is 11.3. The van der Waals surface area contributed by atoms with Crippen LogP contribution in [0, 0.1) is 5.92 Å². The van der Waals surface area contributed by atoms with Crippen LogP contribution in [0.3, 0.4) is 0 Å². The molecule has 0 spiro atoms. The third-order valence-electron chi connectivity index (χ3n) is 2.20. The fourth-order valence-electron chi connectivity index (χ4n) is 1.57. The first kappa shape index (κ1) is 6.79. The Bertz CT molecular complexity index is 224. The van der Waals surface area contributed by atoms with Crippen molar-refractivity contribution in [2.24, 2.45) is 11.0 Å². The van der Waals surface area contributed by atoms with E-state index in [0.717, 1.165) is 25.2 Å². The zero-order valence-electron chi connectivity index (χ0n) is 6.50. The predicted molar refractivity (Wildman–Crippen MR) is 41.2 cm³/mol. The Morgan fingerprint density at radius 3 is 3.27 bits per heavy atom. The minimum Gasteiger partial charge on any atom is -0.315 e. The predicted octanol–water partition coefficient (Wildman–Crippen LogP) is -0.576. The van der Waals surface area contributed by atoms with Crippen LogP contribution in [-0.4, -0.2) is 36.8 Å². The number of carbonyl (C=O) groups is 1. The van der Waals surface area contributed by atoms with E-state index in [9.17, 15) is 4.79 Å². The molecule has 0 aromatic carbocycles. The summed E-state index contributed by atoms with van der Waals surface area (Å²) in [6.45, 7) is 1.72. The zero-order chi connectivity index (χ0) is 7.84. The van der Waals surface area contributed by atoms with Crippen molar-refractivity contribution in [3.63, 3.8) is 0 Å². The first-order valence-electron chi connectivity index (χ1n) is 3.84. The van der Waals surface area contributed by atoms with Gasteiger partial charge >= 0.3 is 0 Å². The highest BCUT2D eigenvalue weighted by molar-refractivity contribution is 6.08. The number of hydrogen-bond donors (Lipinski definition) is 1. The SMILES string of the molecule is CN1N=C2CCNC[C@@H]2C1=O. The van der Waals surface area contributed by atoms with Crippen LogP contribution in [0.1, 0.15) is 6.42 Å². The van der Waals surface area contributed by atoms with Crippen LogP contribution in [-0.2, 0) is 4.79 Å². The lowest BCUT2D eigenvalue weighted by Gasteiger charge is -2.17. The Kier molecular flexibility index (Phi) is 1.42. The second-order valence-corrected chi connectivity index (χ2v) is 2.96. The molecular weight excluding hydrogens is 142 g/mol. The summed E-state index contributed by atoms with van der Waals surface area (Å²) in [6.07, 6.45) is 0.917. The molecule has 2 rings (SSSR count). The molecule has 4 nitrogen and oxygen atoms in total. The summed E-state index contributed by atoms with van der Waals surface area (Å²) in [5.74, 6) is 0.168. The van der Waals surface area contributed by atoms with Gasteiger partial charge in [-0.3, -0.25) is 4.79 Å². The molecule has 0 bridgehead atoms. The van der Waals surface area contributed by atoms with Gasteiger partial charge in [-0.2, -0.15) is 5.10 Å². The molecule has 1 fully saturated rings. The number of nitrogens with zero attached hydrogens (tertiary/aromatic N) is 2. The fourth-order valence-corrected chi connectivity index (χ4v) is 1.57. The van der Waals surface area contributed by atoms with Gasteiger partial charge in [0.1, 0.15) is 0 Å². The fraction of sp³-hybridized carbons (Fsp3) is 0.714. The van der Waals surface area contributed by atoms with Crippen LogP contribution in [0.15, 0.2) is 5.10 Å². The number of piperidine rings is 1. The van der Waals surface area contributed by atoms with Gasteiger partial charge in [-0.15, -0.1) is 0 Å². The lowest BCUT2D eigenvalue weighted by Crippen LogP contribution is -2.39. The number of carbonyl (C=O) groups excluding carboxylic acids is 1. The van der Waals surface area contributed by atoms with Crippen LogP contribution in [0.5, 0.6) is 0 Å². The highest BCUT2D eigenvalue weighted by atomic mass is 16.2. The third-order valence-corrected chi connectivity index (χ3v) is 2.20. The minimum atomic E-state index is 0.0359.